The Bertz CT molecular complexity index is 461. The van der Waals surface area contributed by atoms with Crippen LogP contribution in [0.3, 0.4) is 0 Å². The third-order valence-corrected chi connectivity index (χ3v) is 3.57. The Morgan fingerprint density at radius 3 is 2.93 bits per heavy atom. The quantitative estimate of drug-likeness (QED) is 0.705. The summed E-state index contributed by atoms with van der Waals surface area (Å²) in [5.41, 5.74) is 2.32. The molecule has 2 nitrogen and oxygen atoms in total. The summed E-state index contributed by atoms with van der Waals surface area (Å²) in [5, 5.41) is 9.06. The van der Waals surface area contributed by atoms with Crippen molar-refractivity contribution in [3.63, 3.8) is 0 Å². The lowest BCUT2D eigenvalue weighted by atomic mass is 9.83. The molecule has 2 aliphatic carbocycles. The van der Waals surface area contributed by atoms with Crippen LogP contribution >= 0.6 is 0 Å². The Hall–Kier alpha value is -1.57. The molecule has 0 aromatic heterocycles. The van der Waals surface area contributed by atoms with Crippen molar-refractivity contribution in [2.75, 3.05) is 0 Å². The number of benzene rings is 1. The van der Waals surface area contributed by atoms with Gasteiger partial charge in [-0.25, -0.2) is 0 Å². The molecule has 15 heavy (non-hydrogen) atoms. The number of rotatable bonds is 1. The van der Waals surface area contributed by atoms with Gasteiger partial charge in [0, 0.05) is 5.41 Å². The Labute approximate surface area is 88.2 Å². The van der Waals surface area contributed by atoms with E-state index in [4.69, 9.17) is 5.11 Å². The first-order valence-electron chi connectivity index (χ1n) is 5.23. The van der Waals surface area contributed by atoms with Gasteiger partial charge in [-0.2, -0.15) is 0 Å². The third-order valence-electron chi connectivity index (χ3n) is 3.57. The third kappa shape index (κ3) is 1.08. The average Bonchev–Trinajstić information content (AvgIpc) is 2.95. The summed E-state index contributed by atoms with van der Waals surface area (Å²) in [6.45, 7) is 0. The average molecular weight is 200 g/mol. The largest absolute Gasteiger partial charge is 0.481 e. The second-order valence-corrected chi connectivity index (χ2v) is 4.40. The Kier molecular flexibility index (Phi) is 1.58. The molecule has 1 saturated carbocycles. The fourth-order valence-electron chi connectivity index (χ4n) is 2.71. The standard InChI is InChI=1S/C13H12O2/c14-12(15)11-8-13(11)7-3-5-9-4-1-2-6-10(9)13/h1-4,6-7,11H,5,8H2,(H,14,15). The molecule has 0 amide bonds. The lowest BCUT2D eigenvalue weighted by Crippen LogP contribution is -2.17. The Morgan fingerprint density at radius 1 is 1.40 bits per heavy atom. The van der Waals surface area contributed by atoms with Crippen molar-refractivity contribution in [1.82, 2.24) is 0 Å². The molecule has 2 heteroatoms. The fraction of sp³-hybridized carbons (Fsp3) is 0.308. The van der Waals surface area contributed by atoms with Gasteiger partial charge in [0.1, 0.15) is 0 Å². The first-order chi connectivity index (χ1) is 7.24. The van der Waals surface area contributed by atoms with Crippen molar-refractivity contribution in [3.8, 4) is 0 Å². The van der Waals surface area contributed by atoms with Gasteiger partial charge in [0.2, 0.25) is 0 Å². The minimum absolute atomic E-state index is 0.180. The van der Waals surface area contributed by atoms with Crippen LogP contribution < -0.4 is 0 Å². The summed E-state index contributed by atoms with van der Waals surface area (Å²) >= 11 is 0. The van der Waals surface area contributed by atoms with Crippen LogP contribution in [0.2, 0.25) is 0 Å². The van der Waals surface area contributed by atoms with E-state index in [1.54, 1.807) is 0 Å². The first kappa shape index (κ1) is 8.72. The van der Waals surface area contributed by atoms with Crippen molar-refractivity contribution < 1.29 is 9.90 Å². The van der Waals surface area contributed by atoms with Crippen molar-refractivity contribution in [2.45, 2.75) is 18.3 Å². The number of allylic oxidation sites excluding steroid dienone is 2. The molecule has 0 bridgehead atoms. The SMILES string of the molecule is O=C(O)C1CC12C=CCc1ccccc12. The van der Waals surface area contributed by atoms with Crippen molar-refractivity contribution in [3.05, 3.63) is 47.5 Å². The van der Waals surface area contributed by atoms with Gasteiger partial charge in [0.05, 0.1) is 5.92 Å². The maximum atomic E-state index is 11.0. The maximum absolute atomic E-state index is 11.0. The van der Waals surface area contributed by atoms with Crippen molar-refractivity contribution in [1.29, 1.82) is 0 Å². The fourth-order valence-corrected chi connectivity index (χ4v) is 2.71. The van der Waals surface area contributed by atoms with E-state index in [1.807, 2.05) is 12.1 Å². The van der Waals surface area contributed by atoms with E-state index in [2.05, 4.69) is 24.3 Å². The van der Waals surface area contributed by atoms with Crippen LogP contribution in [0.1, 0.15) is 17.5 Å². The molecule has 2 unspecified atom stereocenters. The summed E-state index contributed by atoms with van der Waals surface area (Å²) in [5.74, 6) is -0.883. The first-order valence-corrected chi connectivity index (χ1v) is 5.23. The summed E-state index contributed by atoms with van der Waals surface area (Å²) in [7, 11) is 0. The number of carboxylic acid groups (broad SMARTS) is 1. The second-order valence-electron chi connectivity index (χ2n) is 4.40. The van der Waals surface area contributed by atoms with Crippen molar-refractivity contribution in [2.24, 2.45) is 5.92 Å². The van der Waals surface area contributed by atoms with Gasteiger partial charge in [0.25, 0.3) is 0 Å². The molecule has 2 aliphatic rings. The number of carboxylic acids is 1. The zero-order valence-electron chi connectivity index (χ0n) is 8.31. The normalized spacial score (nSPS) is 31.3. The van der Waals surface area contributed by atoms with Crippen LogP contribution in [0.5, 0.6) is 0 Å². The molecule has 1 aromatic carbocycles. The highest BCUT2D eigenvalue weighted by Gasteiger charge is 2.59. The molecule has 2 atom stereocenters. The van der Waals surface area contributed by atoms with E-state index in [0.717, 1.165) is 12.8 Å². The lowest BCUT2D eigenvalue weighted by molar-refractivity contribution is -0.138. The van der Waals surface area contributed by atoms with Gasteiger partial charge in [-0.1, -0.05) is 36.4 Å². The molecule has 0 saturated heterocycles. The molecule has 0 heterocycles. The number of aliphatic carboxylic acids is 1. The summed E-state index contributed by atoms with van der Waals surface area (Å²) in [6, 6.07) is 8.18. The van der Waals surface area contributed by atoms with E-state index in [-0.39, 0.29) is 11.3 Å². The van der Waals surface area contributed by atoms with Crippen LogP contribution in [0, 0.1) is 5.92 Å². The minimum Gasteiger partial charge on any atom is -0.481 e. The van der Waals surface area contributed by atoms with Gasteiger partial charge >= 0.3 is 5.97 Å². The molecule has 1 N–H and O–H groups in total. The molecule has 1 spiro atoms. The van der Waals surface area contributed by atoms with Crippen molar-refractivity contribution >= 4 is 5.97 Å². The van der Waals surface area contributed by atoms with Crippen LogP contribution in [0.15, 0.2) is 36.4 Å². The van der Waals surface area contributed by atoms with Gasteiger partial charge in [-0.05, 0) is 24.0 Å². The van der Waals surface area contributed by atoms with E-state index >= 15 is 0 Å². The molecule has 0 radical (unpaired) electrons. The molecular formula is C13H12O2. The van der Waals surface area contributed by atoms with Crippen LogP contribution in [-0.2, 0) is 16.6 Å². The number of carbonyl (C=O) groups is 1. The van der Waals surface area contributed by atoms with E-state index in [1.165, 1.54) is 11.1 Å². The zero-order chi connectivity index (χ0) is 10.5. The molecule has 0 aliphatic heterocycles. The van der Waals surface area contributed by atoms with Gasteiger partial charge in [-0.3, -0.25) is 4.79 Å². The predicted molar refractivity (Wildman–Crippen MR) is 56.7 cm³/mol. The maximum Gasteiger partial charge on any atom is 0.307 e. The monoisotopic (exact) mass is 200 g/mol. The van der Waals surface area contributed by atoms with Gasteiger partial charge < -0.3 is 5.11 Å². The number of fused-ring (bicyclic) bond motifs is 2. The van der Waals surface area contributed by atoms with Crippen LogP contribution in [0.4, 0.5) is 0 Å². The molecule has 1 aromatic rings. The molecule has 1 fully saturated rings. The lowest BCUT2D eigenvalue weighted by Gasteiger charge is -2.20. The Balaban J connectivity index is 2.09. The highest BCUT2D eigenvalue weighted by atomic mass is 16.4. The molecule has 76 valence electrons. The summed E-state index contributed by atoms with van der Waals surface area (Å²) < 4.78 is 0. The molecular weight excluding hydrogens is 188 g/mol. The molecule has 3 rings (SSSR count). The van der Waals surface area contributed by atoms with E-state index < -0.39 is 5.97 Å². The smallest absolute Gasteiger partial charge is 0.307 e. The topological polar surface area (TPSA) is 37.3 Å². The number of hydrogen-bond donors (Lipinski definition) is 1. The second kappa shape index (κ2) is 2.72. The summed E-state index contributed by atoms with van der Waals surface area (Å²) in [6.07, 6.45) is 5.89. The highest BCUT2D eigenvalue weighted by Crippen LogP contribution is 2.57. The number of hydrogen-bond acceptors (Lipinski definition) is 1. The van der Waals surface area contributed by atoms with Gasteiger partial charge in [-0.15, -0.1) is 0 Å². The van der Waals surface area contributed by atoms with E-state index in [9.17, 15) is 4.79 Å². The predicted octanol–water partition coefficient (Wildman–Crippen LogP) is 2.14. The van der Waals surface area contributed by atoms with Gasteiger partial charge in [0.15, 0.2) is 0 Å². The highest BCUT2D eigenvalue weighted by molar-refractivity contribution is 5.79. The minimum atomic E-state index is -0.670. The zero-order valence-corrected chi connectivity index (χ0v) is 8.31. The summed E-state index contributed by atoms with van der Waals surface area (Å²) in [4.78, 5) is 11.0. The van der Waals surface area contributed by atoms with E-state index in [0.29, 0.717) is 0 Å². The van der Waals surface area contributed by atoms with Crippen LogP contribution in [0.25, 0.3) is 0 Å². The van der Waals surface area contributed by atoms with Crippen LogP contribution in [-0.4, -0.2) is 11.1 Å². The Morgan fingerprint density at radius 2 is 2.20 bits per heavy atom.